The van der Waals surface area contributed by atoms with Crippen LogP contribution in [0, 0.1) is 0 Å². The van der Waals surface area contributed by atoms with Crippen LogP contribution in [0.2, 0.25) is 0 Å². The van der Waals surface area contributed by atoms with Gasteiger partial charge in [-0.1, -0.05) is 12.1 Å². The first-order valence-corrected chi connectivity index (χ1v) is 9.03. The zero-order valence-corrected chi connectivity index (χ0v) is 14.9. The van der Waals surface area contributed by atoms with Crippen molar-refractivity contribution in [3.05, 3.63) is 48.0 Å². The van der Waals surface area contributed by atoms with E-state index in [0.29, 0.717) is 30.5 Å². The number of para-hydroxylation sites is 1. The molecular weight excluding hydrogens is 338 g/mol. The number of hydrogen-bond donors (Lipinski definition) is 1. The van der Waals surface area contributed by atoms with Crippen LogP contribution in [-0.4, -0.2) is 32.5 Å². The van der Waals surface area contributed by atoms with Crippen molar-refractivity contribution in [2.24, 2.45) is 0 Å². The zero-order valence-electron chi connectivity index (χ0n) is 14.1. The van der Waals surface area contributed by atoms with E-state index in [4.69, 9.17) is 14.2 Å². The Balaban J connectivity index is 1.76. The van der Waals surface area contributed by atoms with Gasteiger partial charge < -0.3 is 19.5 Å². The smallest absolute Gasteiger partial charge is 0.248 e. The van der Waals surface area contributed by atoms with Gasteiger partial charge in [-0.25, -0.2) is 0 Å². The predicted octanol–water partition coefficient (Wildman–Crippen LogP) is 3.84. The van der Waals surface area contributed by atoms with Crippen molar-refractivity contribution in [1.82, 2.24) is 0 Å². The van der Waals surface area contributed by atoms with E-state index in [1.165, 1.54) is 6.08 Å². The molecule has 1 N–H and O–H groups in total. The zero-order chi connectivity index (χ0) is 17.6. The lowest BCUT2D eigenvalue weighted by molar-refractivity contribution is -0.111. The van der Waals surface area contributed by atoms with E-state index >= 15 is 0 Å². The lowest BCUT2D eigenvalue weighted by Crippen LogP contribution is -2.16. The van der Waals surface area contributed by atoms with E-state index in [1.807, 2.05) is 42.7 Å². The van der Waals surface area contributed by atoms with Crippen LogP contribution in [0.15, 0.2) is 47.4 Å². The fourth-order valence-electron chi connectivity index (χ4n) is 2.48. The minimum Gasteiger partial charge on any atom is -0.493 e. The van der Waals surface area contributed by atoms with E-state index in [0.717, 1.165) is 16.1 Å². The van der Waals surface area contributed by atoms with Crippen molar-refractivity contribution < 1.29 is 19.0 Å². The van der Waals surface area contributed by atoms with Crippen LogP contribution in [0.1, 0.15) is 5.56 Å². The normalized spacial score (nSPS) is 12.9. The third kappa shape index (κ3) is 4.09. The minimum atomic E-state index is -0.199. The topological polar surface area (TPSA) is 56.8 Å². The van der Waals surface area contributed by atoms with Crippen molar-refractivity contribution >= 4 is 29.4 Å². The Morgan fingerprint density at radius 1 is 1.24 bits per heavy atom. The molecule has 0 saturated heterocycles. The predicted molar refractivity (Wildman–Crippen MR) is 99.9 cm³/mol. The number of rotatable bonds is 5. The van der Waals surface area contributed by atoms with Gasteiger partial charge in [-0.2, -0.15) is 0 Å². The number of thioether (sulfide) groups is 1. The summed E-state index contributed by atoms with van der Waals surface area (Å²) in [5.41, 5.74) is 1.60. The molecule has 0 aromatic heterocycles. The standard InChI is InChI=1S/C19H19NO4S/c1-22-15-11-13(12-16-19(15)24-10-9-23-16)7-8-18(21)20-14-5-3-4-6-17(14)25-2/h3-8,11-12H,9-10H2,1-2H3,(H,20,21)/b8-7+. The summed E-state index contributed by atoms with van der Waals surface area (Å²) in [7, 11) is 1.58. The summed E-state index contributed by atoms with van der Waals surface area (Å²) in [5, 5.41) is 2.89. The Morgan fingerprint density at radius 3 is 2.84 bits per heavy atom. The van der Waals surface area contributed by atoms with Gasteiger partial charge in [-0.15, -0.1) is 11.8 Å². The second-order valence-electron chi connectivity index (χ2n) is 5.27. The molecule has 1 amide bonds. The Labute approximate surface area is 151 Å². The number of benzene rings is 2. The van der Waals surface area contributed by atoms with Gasteiger partial charge in [0.25, 0.3) is 0 Å². The number of amides is 1. The first-order valence-electron chi connectivity index (χ1n) is 7.81. The van der Waals surface area contributed by atoms with Crippen molar-refractivity contribution in [2.75, 3.05) is 31.9 Å². The number of hydrogen-bond acceptors (Lipinski definition) is 5. The number of ether oxygens (including phenoxy) is 3. The van der Waals surface area contributed by atoms with Crippen molar-refractivity contribution in [1.29, 1.82) is 0 Å². The highest BCUT2D eigenvalue weighted by Gasteiger charge is 2.17. The third-order valence-corrected chi connectivity index (χ3v) is 4.44. The summed E-state index contributed by atoms with van der Waals surface area (Å²) in [4.78, 5) is 13.2. The molecule has 5 nitrogen and oxygen atoms in total. The van der Waals surface area contributed by atoms with Gasteiger partial charge in [0.2, 0.25) is 11.7 Å². The second-order valence-corrected chi connectivity index (χ2v) is 6.12. The maximum absolute atomic E-state index is 12.2. The highest BCUT2D eigenvalue weighted by Crippen LogP contribution is 2.40. The van der Waals surface area contributed by atoms with Gasteiger partial charge in [0.15, 0.2) is 11.5 Å². The van der Waals surface area contributed by atoms with Crippen LogP contribution in [0.3, 0.4) is 0 Å². The van der Waals surface area contributed by atoms with E-state index in [2.05, 4.69) is 5.32 Å². The maximum atomic E-state index is 12.2. The van der Waals surface area contributed by atoms with Crippen LogP contribution in [0.5, 0.6) is 17.2 Å². The van der Waals surface area contributed by atoms with E-state index in [1.54, 1.807) is 24.9 Å². The molecule has 2 aromatic carbocycles. The van der Waals surface area contributed by atoms with Crippen molar-refractivity contribution in [3.63, 3.8) is 0 Å². The Morgan fingerprint density at radius 2 is 2.04 bits per heavy atom. The first-order chi connectivity index (χ1) is 12.2. The maximum Gasteiger partial charge on any atom is 0.248 e. The molecule has 0 radical (unpaired) electrons. The number of carbonyl (C=O) groups is 1. The Kier molecular flexibility index (Phi) is 5.50. The average molecular weight is 357 g/mol. The lowest BCUT2D eigenvalue weighted by Gasteiger charge is -2.20. The fourth-order valence-corrected chi connectivity index (χ4v) is 3.04. The van der Waals surface area contributed by atoms with Crippen LogP contribution in [0.25, 0.3) is 6.08 Å². The van der Waals surface area contributed by atoms with Gasteiger partial charge >= 0.3 is 0 Å². The molecular formula is C19H19NO4S. The monoisotopic (exact) mass is 357 g/mol. The largest absolute Gasteiger partial charge is 0.493 e. The highest BCUT2D eigenvalue weighted by molar-refractivity contribution is 7.98. The molecule has 0 saturated carbocycles. The van der Waals surface area contributed by atoms with Gasteiger partial charge in [-0.05, 0) is 42.2 Å². The number of fused-ring (bicyclic) bond motifs is 1. The summed E-state index contributed by atoms with van der Waals surface area (Å²) in [5.74, 6) is 1.61. The molecule has 0 spiro atoms. The van der Waals surface area contributed by atoms with Gasteiger partial charge in [-0.3, -0.25) is 4.79 Å². The molecule has 1 aliphatic heterocycles. The number of methoxy groups -OCH3 is 1. The molecule has 1 heterocycles. The molecule has 2 aromatic rings. The van der Waals surface area contributed by atoms with Crippen molar-refractivity contribution in [3.8, 4) is 17.2 Å². The van der Waals surface area contributed by atoms with Crippen LogP contribution in [0.4, 0.5) is 5.69 Å². The van der Waals surface area contributed by atoms with Gasteiger partial charge in [0.1, 0.15) is 13.2 Å². The fraction of sp³-hybridized carbons (Fsp3) is 0.211. The average Bonchev–Trinajstić information content (AvgIpc) is 2.66. The van der Waals surface area contributed by atoms with Crippen LogP contribution in [-0.2, 0) is 4.79 Å². The summed E-state index contributed by atoms with van der Waals surface area (Å²) >= 11 is 1.59. The van der Waals surface area contributed by atoms with Gasteiger partial charge in [0.05, 0.1) is 12.8 Å². The summed E-state index contributed by atoms with van der Waals surface area (Å²) in [6, 6.07) is 11.3. The molecule has 130 valence electrons. The summed E-state index contributed by atoms with van der Waals surface area (Å²) in [6.45, 7) is 0.991. The van der Waals surface area contributed by atoms with E-state index in [-0.39, 0.29) is 5.91 Å². The summed E-state index contributed by atoms with van der Waals surface area (Å²) in [6.07, 6.45) is 5.18. The van der Waals surface area contributed by atoms with Gasteiger partial charge in [0, 0.05) is 11.0 Å². The lowest BCUT2D eigenvalue weighted by atomic mass is 10.1. The quantitative estimate of drug-likeness (QED) is 0.651. The van der Waals surface area contributed by atoms with E-state index < -0.39 is 0 Å². The number of anilines is 1. The minimum absolute atomic E-state index is 0.199. The molecule has 0 unspecified atom stereocenters. The molecule has 25 heavy (non-hydrogen) atoms. The Bertz CT molecular complexity index is 787. The number of nitrogens with one attached hydrogen (secondary N) is 1. The summed E-state index contributed by atoms with van der Waals surface area (Å²) < 4.78 is 16.5. The molecule has 0 atom stereocenters. The molecule has 0 aliphatic carbocycles. The molecule has 6 heteroatoms. The molecule has 1 aliphatic rings. The van der Waals surface area contributed by atoms with Crippen molar-refractivity contribution in [2.45, 2.75) is 4.90 Å². The van der Waals surface area contributed by atoms with Crippen LogP contribution < -0.4 is 19.5 Å². The molecule has 0 fully saturated rings. The SMILES string of the molecule is COc1cc(/C=C/C(=O)Nc2ccccc2SC)cc2c1OCCO2. The first kappa shape index (κ1) is 17.2. The third-order valence-electron chi connectivity index (χ3n) is 3.64. The highest BCUT2D eigenvalue weighted by atomic mass is 32.2. The second kappa shape index (κ2) is 7.98. The van der Waals surface area contributed by atoms with E-state index in [9.17, 15) is 4.79 Å². The Hall–Kier alpha value is -2.60. The molecule has 0 bridgehead atoms. The van der Waals surface area contributed by atoms with Crippen LogP contribution >= 0.6 is 11.8 Å². The number of carbonyl (C=O) groups excluding carboxylic acids is 1. The molecule has 3 rings (SSSR count).